The first-order chi connectivity index (χ1) is 9.06. The molecule has 2 rings (SSSR count). The highest BCUT2D eigenvalue weighted by Gasteiger charge is 2.19. The highest BCUT2D eigenvalue weighted by atomic mass is 79.9. The summed E-state index contributed by atoms with van der Waals surface area (Å²) in [6, 6.07) is 3.90. The molecule has 2 heterocycles. The largest absolute Gasteiger partial charge is 0.464 e. The highest BCUT2D eigenvalue weighted by molar-refractivity contribution is 9.10. The van der Waals surface area contributed by atoms with E-state index >= 15 is 0 Å². The quantitative estimate of drug-likeness (QED) is 0.654. The van der Waals surface area contributed by atoms with Gasteiger partial charge in [-0.2, -0.15) is 5.10 Å². The average Bonchev–Trinajstić information content (AvgIpc) is 2.95. The number of halogens is 1. The van der Waals surface area contributed by atoms with Gasteiger partial charge in [-0.1, -0.05) is 6.92 Å². The van der Waals surface area contributed by atoms with Crippen LogP contribution in [0.5, 0.6) is 0 Å². The van der Waals surface area contributed by atoms with Crippen LogP contribution in [0.1, 0.15) is 35.9 Å². The van der Waals surface area contributed by atoms with Crippen molar-refractivity contribution < 1.29 is 4.42 Å². The lowest BCUT2D eigenvalue weighted by Crippen LogP contribution is -2.30. The van der Waals surface area contributed by atoms with Crippen molar-refractivity contribution in [2.75, 3.05) is 0 Å². The fourth-order valence-corrected chi connectivity index (χ4v) is 2.61. The zero-order chi connectivity index (χ0) is 14.0. The van der Waals surface area contributed by atoms with Crippen LogP contribution in [0, 0.1) is 6.92 Å². The molecule has 6 heteroatoms. The van der Waals surface area contributed by atoms with Crippen LogP contribution in [0.2, 0.25) is 0 Å². The molecule has 0 bridgehead atoms. The van der Waals surface area contributed by atoms with Gasteiger partial charge in [0.25, 0.3) is 0 Å². The minimum Gasteiger partial charge on any atom is -0.464 e. The standard InChI is InChI=1S/C13H19BrN4O/c1-4-9-5-6-12(19-9)10(16-15)7-11-13(14)8(2)17-18(11)3/h5-6,10,16H,4,7,15H2,1-3H3. The van der Waals surface area contributed by atoms with Crippen LogP contribution in [-0.4, -0.2) is 9.78 Å². The maximum absolute atomic E-state index is 5.76. The maximum Gasteiger partial charge on any atom is 0.122 e. The van der Waals surface area contributed by atoms with Crippen molar-refractivity contribution in [1.29, 1.82) is 0 Å². The highest BCUT2D eigenvalue weighted by Crippen LogP contribution is 2.26. The van der Waals surface area contributed by atoms with Crippen molar-refractivity contribution in [3.05, 3.63) is 39.5 Å². The Hall–Kier alpha value is -1.11. The van der Waals surface area contributed by atoms with Crippen molar-refractivity contribution in [2.45, 2.75) is 32.7 Å². The molecule has 1 unspecified atom stereocenters. The van der Waals surface area contributed by atoms with E-state index in [0.29, 0.717) is 6.42 Å². The van der Waals surface area contributed by atoms with Gasteiger partial charge in [0.05, 0.1) is 21.9 Å². The van der Waals surface area contributed by atoms with Crippen LogP contribution in [0.3, 0.4) is 0 Å². The first-order valence-corrected chi connectivity index (χ1v) is 7.08. The normalized spacial score (nSPS) is 12.9. The molecule has 0 aliphatic carbocycles. The second kappa shape index (κ2) is 5.90. The summed E-state index contributed by atoms with van der Waals surface area (Å²) in [6.45, 7) is 4.04. The molecule has 0 spiro atoms. The van der Waals surface area contributed by atoms with E-state index in [1.807, 2.05) is 30.8 Å². The molecule has 2 aromatic heterocycles. The van der Waals surface area contributed by atoms with E-state index in [2.05, 4.69) is 33.4 Å². The number of hydrogen-bond acceptors (Lipinski definition) is 4. The van der Waals surface area contributed by atoms with Crippen molar-refractivity contribution in [3.63, 3.8) is 0 Å². The summed E-state index contributed by atoms with van der Waals surface area (Å²) in [4.78, 5) is 0. The number of furan rings is 1. The number of nitrogens with two attached hydrogens (primary N) is 1. The van der Waals surface area contributed by atoms with E-state index in [-0.39, 0.29) is 6.04 Å². The Balaban J connectivity index is 2.23. The maximum atomic E-state index is 5.76. The lowest BCUT2D eigenvalue weighted by molar-refractivity contribution is 0.391. The first kappa shape index (κ1) is 14.3. The van der Waals surface area contributed by atoms with Gasteiger partial charge < -0.3 is 4.42 Å². The van der Waals surface area contributed by atoms with Gasteiger partial charge in [-0.15, -0.1) is 0 Å². The van der Waals surface area contributed by atoms with Gasteiger partial charge in [0.2, 0.25) is 0 Å². The van der Waals surface area contributed by atoms with Crippen molar-refractivity contribution >= 4 is 15.9 Å². The summed E-state index contributed by atoms with van der Waals surface area (Å²) >= 11 is 3.57. The third kappa shape index (κ3) is 2.91. The molecule has 1 atom stereocenters. The van der Waals surface area contributed by atoms with Crippen LogP contribution in [0.4, 0.5) is 0 Å². The van der Waals surface area contributed by atoms with Gasteiger partial charge in [-0.25, -0.2) is 5.43 Å². The van der Waals surface area contributed by atoms with Crippen LogP contribution >= 0.6 is 15.9 Å². The van der Waals surface area contributed by atoms with E-state index in [9.17, 15) is 0 Å². The van der Waals surface area contributed by atoms with E-state index in [4.69, 9.17) is 10.3 Å². The predicted octanol–water partition coefficient (Wildman–Crippen LogP) is 2.39. The average molecular weight is 327 g/mol. The molecule has 104 valence electrons. The third-order valence-corrected chi connectivity index (χ3v) is 4.27. The van der Waals surface area contributed by atoms with Gasteiger partial charge in [0, 0.05) is 19.9 Å². The Morgan fingerprint density at radius 2 is 2.26 bits per heavy atom. The predicted molar refractivity (Wildman–Crippen MR) is 77.5 cm³/mol. The molecule has 3 N–H and O–H groups in total. The van der Waals surface area contributed by atoms with Gasteiger partial charge in [-0.05, 0) is 35.0 Å². The zero-order valence-corrected chi connectivity index (χ0v) is 13.0. The summed E-state index contributed by atoms with van der Waals surface area (Å²) in [5.74, 6) is 7.48. The Kier molecular flexibility index (Phi) is 4.44. The zero-order valence-electron chi connectivity index (χ0n) is 11.4. The molecule has 5 nitrogen and oxygen atoms in total. The molecule has 0 aromatic carbocycles. The Morgan fingerprint density at radius 1 is 1.53 bits per heavy atom. The molecule has 2 aromatic rings. The molecule has 0 amide bonds. The van der Waals surface area contributed by atoms with Crippen LogP contribution in [0.25, 0.3) is 0 Å². The van der Waals surface area contributed by atoms with Gasteiger partial charge in [0.15, 0.2) is 0 Å². The van der Waals surface area contributed by atoms with E-state index in [1.54, 1.807) is 0 Å². The molecule has 0 radical (unpaired) electrons. The fourth-order valence-electron chi connectivity index (χ4n) is 2.11. The summed E-state index contributed by atoms with van der Waals surface area (Å²) in [6.07, 6.45) is 1.59. The van der Waals surface area contributed by atoms with Crippen LogP contribution < -0.4 is 11.3 Å². The Labute approximate surface area is 121 Å². The number of aryl methyl sites for hydroxylation is 3. The third-order valence-electron chi connectivity index (χ3n) is 3.23. The molecule has 19 heavy (non-hydrogen) atoms. The second-order valence-electron chi connectivity index (χ2n) is 4.55. The van der Waals surface area contributed by atoms with Crippen molar-refractivity contribution in [2.24, 2.45) is 12.9 Å². The summed E-state index contributed by atoms with van der Waals surface area (Å²) in [7, 11) is 1.93. The number of hydrazine groups is 1. The molecule has 0 saturated heterocycles. The minimum absolute atomic E-state index is 0.0635. The van der Waals surface area contributed by atoms with Crippen molar-refractivity contribution in [1.82, 2.24) is 15.2 Å². The van der Waals surface area contributed by atoms with E-state index < -0.39 is 0 Å². The smallest absolute Gasteiger partial charge is 0.122 e. The second-order valence-corrected chi connectivity index (χ2v) is 5.34. The van der Waals surface area contributed by atoms with Crippen LogP contribution in [0.15, 0.2) is 21.0 Å². The molecule has 0 fully saturated rings. The van der Waals surface area contributed by atoms with E-state index in [0.717, 1.165) is 33.8 Å². The fraction of sp³-hybridized carbons (Fsp3) is 0.462. The Bertz CT molecular complexity index is 561. The van der Waals surface area contributed by atoms with Crippen molar-refractivity contribution in [3.8, 4) is 0 Å². The topological polar surface area (TPSA) is 69.0 Å². The number of hydrogen-bond donors (Lipinski definition) is 2. The Morgan fingerprint density at radius 3 is 2.74 bits per heavy atom. The van der Waals surface area contributed by atoms with Gasteiger partial charge in [0.1, 0.15) is 11.5 Å². The number of nitrogens with zero attached hydrogens (tertiary/aromatic N) is 2. The summed E-state index contributed by atoms with van der Waals surface area (Å²) in [5.41, 5.74) is 4.88. The summed E-state index contributed by atoms with van der Waals surface area (Å²) < 4.78 is 8.65. The monoisotopic (exact) mass is 326 g/mol. The van der Waals surface area contributed by atoms with Gasteiger partial charge >= 0.3 is 0 Å². The lowest BCUT2D eigenvalue weighted by Gasteiger charge is -2.14. The lowest BCUT2D eigenvalue weighted by atomic mass is 10.1. The number of nitrogens with one attached hydrogen (secondary N) is 1. The molecule has 0 saturated carbocycles. The minimum atomic E-state index is -0.0635. The molecular formula is C13H19BrN4O. The molecule has 0 aliphatic heterocycles. The summed E-state index contributed by atoms with van der Waals surface area (Å²) in [5, 5.41) is 4.38. The van der Waals surface area contributed by atoms with Crippen LogP contribution in [-0.2, 0) is 19.9 Å². The number of rotatable bonds is 5. The first-order valence-electron chi connectivity index (χ1n) is 6.29. The molecular weight excluding hydrogens is 308 g/mol. The SMILES string of the molecule is CCc1ccc(C(Cc2c(Br)c(C)nn2C)NN)o1. The number of aromatic nitrogens is 2. The van der Waals surface area contributed by atoms with Gasteiger partial charge in [-0.3, -0.25) is 10.5 Å². The molecule has 0 aliphatic rings. The van der Waals surface area contributed by atoms with E-state index in [1.165, 1.54) is 0 Å².